The Morgan fingerprint density at radius 1 is 1.00 bits per heavy atom. The lowest BCUT2D eigenvalue weighted by Gasteiger charge is -2.18. The van der Waals surface area contributed by atoms with Crippen LogP contribution in [0.5, 0.6) is 0 Å². The maximum absolute atomic E-state index is 13.3. The Bertz CT molecular complexity index is 1470. The van der Waals surface area contributed by atoms with Gasteiger partial charge in [0.25, 0.3) is 0 Å². The fourth-order valence-corrected chi connectivity index (χ4v) is 4.05. The first kappa shape index (κ1) is 27.9. The van der Waals surface area contributed by atoms with Crippen molar-refractivity contribution in [3.05, 3.63) is 107 Å². The predicted molar refractivity (Wildman–Crippen MR) is 150 cm³/mol. The number of ether oxygens (including phenoxy) is 1. The van der Waals surface area contributed by atoms with Gasteiger partial charge in [-0.3, -0.25) is 14.4 Å². The second-order valence-electron chi connectivity index (χ2n) is 9.07. The van der Waals surface area contributed by atoms with E-state index in [4.69, 9.17) is 4.74 Å². The topological polar surface area (TPSA) is 128 Å². The fraction of sp³-hybridized carbons (Fsp3) is 0.200. The summed E-state index contributed by atoms with van der Waals surface area (Å²) in [5.74, 6) is -1.10. The number of benzene rings is 3. The highest BCUT2D eigenvalue weighted by Crippen LogP contribution is 2.17. The molecule has 0 radical (unpaired) electrons. The Hall–Kier alpha value is -5.12. The van der Waals surface area contributed by atoms with Gasteiger partial charge in [0.1, 0.15) is 12.4 Å². The minimum Gasteiger partial charge on any atom is -0.466 e. The summed E-state index contributed by atoms with van der Waals surface area (Å²) in [6, 6.07) is 21.3. The van der Waals surface area contributed by atoms with E-state index in [1.165, 1.54) is 17.1 Å². The Labute approximate surface area is 232 Å². The largest absolute Gasteiger partial charge is 0.466 e. The van der Waals surface area contributed by atoms with Crippen LogP contribution in [-0.4, -0.2) is 50.6 Å². The van der Waals surface area contributed by atoms with E-state index in [0.29, 0.717) is 24.4 Å². The highest BCUT2D eigenvalue weighted by atomic mass is 16.5. The normalized spacial score (nSPS) is 11.7. The van der Waals surface area contributed by atoms with Gasteiger partial charge in [-0.05, 0) is 65.7 Å². The highest BCUT2D eigenvalue weighted by Gasteiger charge is 2.21. The van der Waals surface area contributed by atoms with Crippen LogP contribution in [0.1, 0.15) is 29.2 Å². The van der Waals surface area contributed by atoms with Crippen molar-refractivity contribution in [2.75, 3.05) is 11.9 Å². The molecule has 2 amide bonds. The van der Waals surface area contributed by atoms with Crippen LogP contribution in [0.25, 0.3) is 11.8 Å². The number of hydrogen-bond acceptors (Lipinski definition) is 7. The third-order valence-electron chi connectivity index (χ3n) is 5.98. The number of aromatic nitrogens is 4. The molecule has 1 heterocycles. The molecule has 0 spiro atoms. The van der Waals surface area contributed by atoms with Crippen molar-refractivity contribution in [3.63, 3.8) is 0 Å². The van der Waals surface area contributed by atoms with Crippen molar-refractivity contribution in [1.29, 1.82) is 0 Å². The van der Waals surface area contributed by atoms with Crippen LogP contribution in [0, 0.1) is 6.92 Å². The Morgan fingerprint density at radius 2 is 1.77 bits per heavy atom. The molecule has 3 aromatic carbocycles. The van der Waals surface area contributed by atoms with E-state index < -0.39 is 11.9 Å². The average Bonchev–Trinajstić information content (AvgIpc) is 3.48. The number of carbonyl (C=O) groups is 3. The fourth-order valence-electron chi connectivity index (χ4n) is 4.05. The molecule has 4 rings (SSSR count). The lowest BCUT2D eigenvalue weighted by atomic mass is 10.0. The van der Waals surface area contributed by atoms with E-state index in [2.05, 4.69) is 26.2 Å². The Morgan fingerprint density at radius 3 is 2.48 bits per heavy atom. The van der Waals surface area contributed by atoms with Gasteiger partial charge in [0.15, 0.2) is 0 Å². The zero-order valence-electron chi connectivity index (χ0n) is 22.3. The standard InChI is InChI=1S/C30H30N6O4/c1-3-40-29(38)19-23-10-13-25(14-11-23)32-30(39)26(18-22-7-5-4-6-8-22)33-28(37)16-12-24-17-21(2)9-15-27(24)36-20-31-34-35-36/h4-17,20,26H,3,18-19H2,1-2H3,(H,32,39)(H,33,37)/b16-12+/t26-/m0/s1. The molecule has 0 aliphatic carbocycles. The monoisotopic (exact) mass is 538 g/mol. The van der Waals surface area contributed by atoms with E-state index in [1.807, 2.05) is 55.5 Å². The van der Waals surface area contributed by atoms with Crippen LogP contribution in [-0.2, 0) is 32.0 Å². The van der Waals surface area contributed by atoms with Gasteiger partial charge in [-0.1, -0.05) is 54.1 Å². The second kappa shape index (κ2) is 13.6. The van der Waals surface area contributed by atoms with Crippen molar-refractivity contribution in [2.45, 2.75) is 32.7 Å². The quantitative estimate of drug-likeness (QED) is 0.221. The molecule has 0 saturated heterocycles. The van der Waals surface area contributed by atoms with Gasteiger partial charge < -0.3 is 15.4 Å². The van der Waals surface area contributed by atoms with E-state index in [-0.39, 0.29) is 18.3 Å². The van der Waals surface area contributed by atoms with Gasteiger partial charge in [0.2, 0.25) is 11.8 Å². The third-order valence-corrected chi connectivity index (χ3v) is 5.98. The summed E-state index contributed by atoms with van der Waals surface area (Å²) in [5.41, 5.74) is 4.68. The molecule has 1 aromatic heterocycles. The van der Waals surface area contributed by atoms with Gasteiger partial charge in [0, 0.05) is 23.7 Å². The van der Waals surface area contributed by atoms with E-state index in [9.17, 15) is 14.4 Å². The van der Waals surface area contributed by atoms with Crippen LogP contribution in [0.4, 0.5) is 5.69 Å². The van der Waals surface area contributed by atoms with Gasteiger partial charge in [-0.25, -0.2) is 0 Å². The van der Waals surface area contributed by atoms with Crippen molar-refractivity contribution >= 4 is 29.5 Å². The number of rotatable bonds is 11. The lowest BCUT2D eigenvalue weighted by molar-refractivity contribution is -0.142. The molecule has 0 saturated carbocycles. The number of esters is 1. The molecule has 2 N–H and O–H groups in total. The summed E-state index contributed by atoms with van der Waals surface area (Å²) >= 11 is 0. The van der Waals surface area contributed by atoms with Crippen molar-refractivity contribution in [1.82, 2.24) is 25.5 Å². The van der Waals surface area contributed by atoms with Crippen LogP contribution in [0.15, 0.2) is 85.2 Å². The van der Waals surface area contributed by atoms with Crippen LogP contribution in [0.2, 0.25) is 0 Å². The molecule has 1 atom stereocenters. The number of nitrogens with zero attached hydrogens (tertiary/aromatic N) is 4. The molecule has 0 aliphatic rings. The number of carbonyl (C=O) groups excluding carboxylic acids is 3. The summed E-state index contributed by atoms with van der Waals surface area (Å²) in [6.45, 7) is 4.03. The molecule has 204 valence electrons. The first-order valence-electron chi connectivity index (χ1n) is 12.8. The second-order valence-corrected chi connectivity index (χ2v) is 9.07. The molecule has 0 bridgehead atoms. The number of hydrogen-bond donors (Lipinski definition) is 2. The number of amides is 2. The van der Waals surface area contributed by atoms with Gasteiger partial charge in [-0.15, -0.1) is 5.10 Å². The maximum Gasteiger partial charge on any atom is 0.310 e. The average molecular weight is 539 g/mol. The van der Waals surface area contributed by atoms with E-state index in [1.54, 1.807) is 37.3 Å². The molecule has 40 heavy (non-hydrogen) atoms. The summed E-state index contributed by atoms with van der Waals surface area (Å²) in [5, 5.41) is 17.0. The third kappa shape index (κ3) is 7.94. The van der Waals surface area contributed by atoms with Crippen LogP contribution >= 0.6 is 0 Å². The molecule has 0 unspecified atom stereocenters. The number of aryl methyl sites for hydroxylation is 1. The summed E-state index contributed by atoms with van der Waals surface area (Å²) < 4.78 is 6.50. The number of nitrogens with one attached hydrogen (secondary N) is 2. The molecular weight excluding hydrogens is 508 g/mol. The lowest BCUT2D eigenvalue weighted by Crippen LogP contribution is -2.44. The van der Waals surface area contributed by atoms with Crippen molar-refractivity contribution < 1.29 is 19.1 Å². The predicted octanol–water partition coefficient (Wildman–Crippen LogP) is 3.46. The van der Waals surface area contributed by atoms with E-state index >= 15 is 0 Å². The molecule has 0 fully saturated rings. The summed E-state index contributed by atoms with van der Waals surface area (Å²) in [6.07, 6.45) is 4.98. The number of tetrazole rings is 1. The van der Waals surface area contributed by atoms with Gasteiger partial charge >= 0.3 is 5.97 Å². The minimum atomic E-state index is -0.838. The molecule has 10 heteroatoms. The molecule has 4 aromatic rings. The zero-order valence-corrected chi connectivity index (χ0v) is 22.3. The molecule has 0 aliphatic heterocycles. The van der Waals surface area contributed by atoms with Crippen molar-refractivity contribution in [3.8, 4) is 5.69 Å². The van der Waals surface area contributed by atoms with Crippen molar-refractivity contribution in [2.24, 2.45) is 0 Å². The van der Waals surface area contributed by atoms with E-state index in [0.717, 1.165) is 22.3 Å². The molecular formula is C30H30N6O4. The summed E-state index contributed by atoms with van der Waals surface area (Å²) in [7, 11) is 0. The Kier molecular flexibility index (Phi) is 9.49. The van der Waals surface area contributed by atoms with Crippen LogP contribution in [0.3, 0.4) is 0 Å². The first-order chi connectivity index (χ1) is 19.4. The van der Waals surface area contributed by atoms with Gasteiger partial charge in [0.05, 0.1) is 18.7 Å². The molecule has 10 nitrogen and oxygen atoms in total. The minimum absolute atomic E-state index is 0.150. The van der Waals surface area contributed by atoms with Crippen LogP contribution < -0.4 is 10.6 Å². The maximum atomic E-state index is 13.3. The number of anilines is 1. The summed E-state index contributed by atoms with van der Waals surface area (Å²) in [4.78, 5) is 38.0. The first-order valence-corrected chi connectivity index (χ1v) is 12.8. The smallest absolute Gasteiger partial charge is 0.310 e. The van der Waals surface area contributed by atoms with Gasteiger partial charge in [-0.2, -0.15) is 4.68 Å². The SMILES string of the molecule is CCOC(=O)Cc1ccc(NC(=O)[C@H](Cc2ccccc2)NC(=O)/C=C/c2cc(C)ccc2-n2cnnn2)cc1. The highest BCUT2D eigenvalue weighted by molar-refractivity contribution is 6.00. The Balaban J connectivity index is 1.47. The zero-order chi connectivity index (χ0) is 28.3.